The molecule has 1 saturated carbocycles. The lowest BCUT2D eigenvalue weighted by atomic mass is 9.82. The second kappa shape index (κ2) is 7.44. The van der Waals surface area contributed by atoms with E-state index in [0.29, 0.717) is 12.1 Å². The van der Waals surface area contributed by atoms with Gasteiger partial charge in [-0.3, -0.25) is 10.1 Å². The Morgan fingerprint density at radius 3 is 2.60 bits per heavy atom. The van der Waals surface area contributed by atoms with Crippen molar-refractivity contribution in [1.29, 1.82) is 0 Å². The van der Waals surface area contributed by atoms with Gasteiger partial charge in [0.1, 0.15) is 0 Å². The molecule has 0 spiro atoms. The van der Waals surface area contributed by atoms with Crippen LogP contribution in [-0.2, 0) is 4.79 Å². The molecule has 1 N–H and O–H groups in total. The Kier molecular flexibility index (Phi) is 5.88. The lowest BCUT2D eigenvalue weighted by molar-refractivity contribution is -0.131. The van der Waals surface area contributed by atoms with Gasteiger partial charge in [0, 0.05) is 6.54 Å². The van der Waals surface area contributed by atoms with E-state index >= 15 is 0 Å². The molecule has 116 valence electrons. The Balaban J connectivity index is 1.96. The lowest BCUT2D eigenvalue weighted by Gasteiger charge is -2.32. The molecule has 1 aliphatic carbocycles. The Labute approximate surface area is 124 Å². The van der Waals surface area contributed by atoms with Gasteiger partial charge in [0.2, 0.25) is 5.91 Å². The summed E-state index contributed by atoms with van der Waals surface area (Å²) in [5.74, 6) is 1.93. The van der Waals surface area contributed by atoms with E-state index in [9.17, 15) is 4.79 Å². The van der Waals surface area contributed by atoms with Crippen LogP contribution in [0.1, 0.15) is 72.1 Å². The van der Waals surface area contributed by atoms with Crippen molar-refractivity contribution in [3.8, 4) is 0 Å². The fourth-order valence-corrected chi connectivity index (χ4v) is 3.98. The lowest BCUT2D eigenvalue weighted by Crippen LogP contribution is -2.41. The average Bonchev–Trinajstić information content (AvgIpc) is 2.69. The third kappa shape index (κ3) is 3.75. The van der Waals surface area contributed by atoms with E-state index in [1.807, 2.05) is 0 Å². The molecule has 4 atom stereocenters. The van der Waals surface area contributed by atoms with E-state index in [2.05, 4.69) is 31.0 Å². The van der Waals surface area contributed by atoms with Gasteiger partial charge >= 0.3 is 0 Å². The second-order valence-electron chi connectivity index (χ2n) is 6.94. The highest BCUT2D eigenvalue weighted by Crippen LogP contribution is 2.31. The molecule has 4 unspecified atom stereocenters. The van der Waals surface area contributed by atoms with Crippen molar-refractivity contribution in [1.82, 2.24) is 10.2 Å². The maximum absolute atomic E-state index is 12.6. The highest BCUT2D eigenvalue weighted by molar-refractivity contribution is 5.84. The molecule has 3 heteroatoms. The summed E-state index contributed by atoms with van der Waals surface area (Å²) in [5.41, 5.74) is 0. The zero-order chi connectivity index (χ0) is 14.5. The molecule has 0 aromatic heterocycles. The predicted octanol–water partition coefficient (Wildman–Crippen LogP) is 3.54. The third-order valence-electron chi connectivity index (χ3n) is 4.99. The smallest absolute Gasteiger partial charge is 0.241 e. The largest absolute Gasteiger partial charge is 0.326 e. The summed E-state index contributed by atoms with van der Waals surface area (Å²) in [5, 5.41) is 3.57. The molecule has 2 fully saturated rings. The molecule has 2 aliphatic rings. The third-order valence-corrected chi connectivity index (χ3v) is 4.99. The normalized spacial score (nSPS) is 34.8. The van der Waals surface area contributed by atoms with Crippen LogP contribution < -0.4 is 5.32 Å². The van der Waals surface area contributed by atoms with Crippen LogP contribution in [0.4, 0.5) is 0 Å². The minimum absolute atomic E-state index is 0.0811. The van der Waals surface area contributed by atoms with Gasteiger partial charge in [-0.1, -0.05) is 46.5 Å². The summed E-state index contributed by atoms with van der Waals surface area (Å²) >= 11 is 0. The Hall–Kier alpha value is -0.570. The fraction of sp³-hybridized carbons (Fsp3) is 0.941. The number of carbonyl (C=O) groups is 1. The first-order chi connectivity index (χ1) is 9.65. The topological polar surface area (TPSA) is 32.3 Å². The summed E-state index contributed by atoms with van der Waals surface area (Å²) in [6, 6.07) is 0.0811. The molecule has 1 aliphatic heterocycles. The van der Waals surface area contributed by atoms with Gasteiger partial charge in [-0.05, 0) is 37.5 Å². The molecule has 1 saturated heterocycles. The fourth-order valence-electron chi connectivity index (χ4n) is 3.98. The van der Waals surface area contributed by atoms with E-state index in [1.165, 1.54) is 25.7 Å². The monoisotopic (exact) mass is 280 g/mol. The van der Waals surface area contributed by atoms with Crippen molar-refractivity contribution >= 4 is 5.91 Å². The van der Waals surface area contributed by atoms with Gasteiger partial charge in [-0.2, -0.15) is 0 Å². The van der Waals surface area contributed by atoms with Crippen molar-refractivity contribution in [2.24, 2.45) is 11.8 Å². The minimum atomic E-state index is 0.0811. The van der Waals surface area contributed by atoms with Gasteiger partial charge in [0.25, 0.3) is 0 Å². The predicted molar refractivity (Wildman–Crippen MR) is 83.4 cm³/mol. The van der Waals surface area contributed by atoms with E-state index in [-0.39, 0.29) is 6.04 Å². The van der Waals surface area contributed by atoms with Crippen LogP contribution in [0.25, 0.3) is 0 Å². The van der Waals surface area contributed by atoms with Crippen molar-refractivity contribution < 1.29 is 4.79 Å². The summed E-state index contributed by atoms with van der Waals surface area (Å²) in [4.78, 5) is 14.8. The molecule has 1 amide bonds. The van der Waals surface area contributed by atoms with Crippen molar-refractivity contribution in [2.45, 2.75) is 84.3 Å². The highest BCUT2D eigenvalue weighted by Gasteiger charge is 2.38. The van der Waals surface area contributed by atoms with E-state index in [1.54, 1.807) is 0 Å². The molecule has 2 rings (SSSR count). The zero-order valence-corrected chi connectivity index (χ0v) is 13.5. The molecule has 20 heavy (non-hydrogen) atoms. The quantitative estimate of drug-likeness (QED) is 0.807. The van der Waals surface area contributed by atoms with Crippen LogP contribution in [0, 0.1) is 11.8 Å². The number of rotatable bonds is 6. The first-order valence-electron chi connectivity index (χ1n) is 8.72. The van der Waals surface area contributed by atoms with E-state index in [0.717, 1.165) is 44.1 Å². The molecule has 0 bridgehead atoms. The van der Waals surface area contributed by atoms with Crippen molar-refractivity contribution in [2.75, 3.05) is 6.54 Å². The Bertz CT molecular complexity index is 318. The Morgan fingerprint density at radius 1 is 1.20 bits per heavy atom. The van der Waals surface area contributed by atoms with Gasteiger partial charge < -0.3 is 4.90 Å². The van der Waals surface area contributed by atoms with Gasteiger partial charge in [0.15, 0.2) is 0 Å². The number of nitrogens with zero attached hydrogens (tertiary/aromatic N) is 1. The van der Waals surface area contributed by atoms with Crippen LogP contribution in [-0.4, -0.2) is 29.6 Å². The molecular formula is C17H32N2O. The SMILES string of the molecule is CCCC1NC(CCC)N(CC2CCCC(C)C2)C1=O. The number of carbonyl (C=O) groups excluding carboxylic acids is 1. The first-order valence-corrected chi connectivity index (χ1v) is 8.72. The molecule has 1 heterocycles. The van der Waals surface area contributed by atoms with Crippen LogP contribution in [0.3, 0.4) is 0 Å². The van der Waals surface area contributed by atoms with Crippen LogP contribution in [0.5, 0.6) is 0 Å². The van der Waals surface area contributed by atoms with E-state index < -0.39 is 0 Å². The first kappa shape index (κ1) is 15.8. The van der Waals surface area contributed by atoms with Crippen molar-refractivity contribution in [3.63, 3.8) is 0 Å². The molecule has 0 aromatic rings. The zero-order valence-electron chi connectivity index (χ0n) is 13.5. The van der Waals surface area contributed by atoms with Crippen LogP contribution in [0.15, 0.2) is 0 Å². The molecule has 0 aromatic carbocycles. The number of hydrogen-bond donors (Lipinski definition) is 1. The number of hydrogen-bond acceptors (Lipinski definition) is 2. The molecular weight excluding hydrogens is 248 g/mol. The Morgan fingerprint density at radius 2 is 1.95 bits per heavy atom. The molecule has 3 nitrogen and oxygen atoms in total. The van der Waals surface area contributed by atoms with E-state index in [4.69, 9.17) is 0 Å². The number of amides is 1. The van der Waals surface area contributed by atoms with Crippen LogP contribution in [0.2, 0.25) is 0 Å². The minimum Gasteiger partial charge on any atom is -0.326 e. The highest BCUT2D eigenvalue weighted by atomic mass is 16.2. The van der Waals surface area contributed by atoms with Gasteiger partial charge in [-0.15, -0.1) is 0 Å². The standard InChI is InChI=1S/C17H32N2O/c1-4-7-15-17(20)19(16(18-15)8-5-2)12-14-10-6-9-13(3)11-14/h13-16,18H,4-12H2,1-3H3. The van der Waals surface area contributed by atoms with Crippen molar-refractivity contribution in [3.05, 3.63) is 0 Å². The summed E-state index contributed by atoms with van der Waals surface area (Å²) in [7, 11) is 0. The second-order valence-corrected chi connectivity index (χ2v) is 6.94. The number of nitrogens with one attached hydrogen (secondary N) is 1. The summed E-state index contributed by atoms with van der Waals surface area (Å²) in [6.07, 6.45) is 9.92. The summed E-state index contributed by atoms with van der Waals surface area (Å²) in [6.45, 7) is 7.72. The maximum atomic E-state index is 12.6. The van der Waals surface area contributed by atoms with Gasteiger partial charge in [-0.25, -0.2) is 0 Å². The molecule has 0 radical (unpaired) electrons. The van der Waals surface area contributed by atoms with Gasteiger partial charge in [0.05, 0.1) is 12.2 Å². The van der Waals surface area contributed by atoms with Crippen LogP contribution >= 0.6 is 0 Å². The summed E-state index contributed by atoms with van der Waals surface area (Å²) < 4.78 is 0. The maximum Gasteiger partial charge on any atom is 0.241 e. The average molecular weight is 280 g/mol.